The monoisotopic (exact) mass is 418 g/mol. The molecule has 0 radical (unpaired) electrons. The normalized spacial score (nSPS) is 11.6. The molecule has 0 aliphatic rings. The minimum Gasteiger partial charge on any atom is -0.462 e. The first-order chi connectivity index (χ1) is 14.0. The van der Waals surface area contributed by atoms with Crippen molar-refractivity contribution in [2.75, 3.05) is 38.1 Å². The molecule has 0 fully saturated rings. The van der Waals surface area contributed by atoms with Crippen molar-refractivity contribution in [1.29, 1.82) is 0 Å². The molecule has 0 spiro atoms. The van der Waals surface area contributed by atoms with Crippen LogP contribution in [0.15, 0.2) is 36.4 Å². The van der Waals surface area contributed by atoms with Crippen LogP contribution in [0.5, 0.6) is 0 Å². The molecule has 0 saturated carbocycles. The SMILES string of the molecule is CCNC(=O)C[NH+](CC)CC(=O)Nc1sc(-c2ccccc2)cc1C(=O)OCC. The Morgan fingerprint density at radius 3 is 2.34 bits per heavy atom. The van der Waals surface area contributed by atoms with Gasteiger partial charge in [0.15, 0.2) is 13.1 Å². The lowest BCUT2D eigenvalue weighted by Crippen LogP contribution is -3.14. The van der Waals surface area contributed by atoms with Crippen LogP contribution in [0, 0.1) is 0 Å². The van der Waals surface area contributed by atoms with E-state index < -0.39 is 5.97 Å². The largest absolute Gasteiger partial charge is 0.462 e. The minimum atomic E-state index is -0.469. The third kappa shape index (κ3) is 6.69. The zero-order valence-electron chi connectivity index (χ0n) is 17.0. The number of esters is 1. The van der Waals surface area contributed by atoms with Gasteiger partial charge >= 0.3 is 5.97 Å². The van der Waals surface area contributed by atoms with E-state index in [1.54, 1.807) is 13.0 Å². The summed E-state index contributed by atoms with van der Waals surface area (Å²) in [4.78, 5) is 38.5. The van der Waals surface area contributed by atoms with Gasteiger partial charge in [-0.05, 0) is 32.4 Å². The molecule has 1 heterocycles. The van der Waals surface area contributed by atoms with E-state index >= 15 is 0 Å². The Bertz CT molecular complexity index is 836. The van der Waals surface area contributed by atoms with Gasteiger partial charge in [-0.2, -0.15) is 0 Å². The van der Waals surface area contributed by atoms with Gasteiger partial charge in [0.05, 0.1) is 18.7 Å². The first-order valence-electron chi connectivity index (χ1n) is 9.74. The molecular weight excluding hydrogens is 390 g/mol. The summed E-state index contributed by atoms with van der Waals surface area (Å²) >= 11 is 1.33. The number of ether oxygens (including phenoxy) is 1. The van der Waals surface area contributed by atoms with E-state index in [1.807, 2.05) is 44.2 Å². The number of carbonyl (C=O) groups excluding carboxylic acids is 3. The van der Waals surface area contributed by atoms with Gasteiger partial charge < -0.3 is 20.3 Å². The first kappa shape index (κ1) is 22.6. The quantitative estimate of drug-likeness (QED) is 0.511. The van der Waals surface area contributed by atoms with Crippen LogP contribution in [-0.2, 0) is 14.3 Å². The number of hydrogen-bond donors (Lipinski definition) is 3. The highest BCUT2D eigenvalue weighted by atomic mass is 32.1. The highest BCUT2D eigenvalue weighted by Gasteiger charge is 2.22. The number of thiophene rings is 1. The highest BCUT2D eigenvalue weighted by Crippen LogP contribution is 2.35. The fourth-order valence-corrected chi connectivity index (χ4v) is 3.85. The van der Waals surface area contributed by atoms with Crippen molar-refractivity contribution in [2.45, 2.75) is 20.8 Å². The smallest absolute Gasteiger partial charge is 0.341 e. The van der Waals surface area contributed by atoms with E-state index in [9.17, 15) is 14.4 Å². The summed E-state index contributed by atoms with van der Waals surface area (Å²) in [5, 5.41) is 6.04. The zero-order valence-corrected chi connectivity index (χ0v) is 17.9. The van der Waals surface area contributed by atoms with Crippen molar-refractivity contribution in [3.05, 3.63) is 42.0 Å². The predicted molar refractivity (Wildman–Crippen MR) is 114 cm³/mol. The first-order valence-corrected chi connectivity index (χ1v) is 10.6. The Morgan fingerprint density at radius 1 is 1.03 bits per heavy atom. The number of rotatable bonds is 10. The van der Waals surface area contributed by atoms with E-state index in [0.29, 0.717) is 23.7 Å². The van der Waals surface area contributed by atoms with E-state index in [-0.39, 0.29) is 31.5 Å². The molecule has 1 unspecified atom stereocenters. The second-order valence-corrected chi connectivity index (χ2v) is 7.45. The molecule has 2 aromatic rings. The molecule has 0 aliphatic heterocycles. The predicted octanol–water partition coefficient (Wildman–Crippen LogP) is 1.57. The third-order valence-corrected chi connectivity index (χ3v) is 5.33. The Hall–Kier alpha value is -2.71. The summed E-state index contributed by atoms with van der Waals surface area (Å²) in [5.41, 5.74) is 1.30. The Labute approximate surface area is 175 Å². The lowest BCUT2D eigenvalue weighted by atomic mass is 10.1. The molecule has 1 aromatic carbocycles. The number of carbonyl (C=O) groups is 3. The summed E-state index contributed by atoms with van der Waals surface area (Å²) in [6, 6.07) is 11.4. The molecule has 1 aromatic heterocycles. The van der Waals surface area contributed by atoms with Gasteiger partial charge in [-0.3, -0.25) is 9.59 Å². The van der Waals surface area contributed by atoms with Crippen LogP contribution in [0.4, 0.5) is 5.00 Å². The summed E-state index contributed by atoms with van der Waals surface area (Å²) in [6.45, 7) is 7.32. The van der Waals surface area contributed by atoms with Crippen molar-refractivity contribution in [2.24, 2.45) is 0 Å². The number of likely N-dealkylation sites (N-methyl/N-ethyl adjacent to an activating group) is 2. The Balaban J connectivity index is 2.17. The Morgan fingerprint density at radius 2 is 1.72 bits per heavy atom. The van der Waals surface area contributed by atoms with Gasteiger partial charge in [-0.25, -0.2) is 4.79 Å². The average Bonchev–Trinajstić information content (AvgIpc) is 3.12. The fourth-order valence-electron chi connectivity index (χ4n) is 2.79. The van der Waals surface area contributed by atoms with Crippen molar-refractivity contribution >= 4 is 34.1 Å². The lowest BCUT2D eigenvalue weighted by molar-refractivity contribution is -0.881. The second-order valence-electron chi connectivity index (χ2n) is 6.40. The molecule has 3 N–H and O–H groups in total. The van der Waals surface area contributed by atoms with Crippen LogP contribution in [0.25, 0.3) is 10.4 Å². The van der Waals surface area contributed by atoms with Gasteiger partial charge in [0.25, 0.3) is 11.8 Å². The Kier molecular flexibility index (Phi) is 8.82. The van der Waals surface area contributed by atoms with E-state index in [0.717, 1.165) is 15.3 Å². The fraction of sp³-hybridized carbons (Fsp3) is 0.381. The van der Waals surface area contributed by atoms with Crippen LogP contribution >= 0.6 is 11.3 Å². The van der Waals surface area contributed by atoms with E-state index in [2.05, 4.69) is 10.6 Å². The molecular formula is C21H28N3O4S+. The topological polar surface area (TPSA) is 88.9 Å². The summed E-state index contributed by atoms with van der Waals surface area (Å²) < 4.78 is 5.14. The van der Waals surface area contributed by atoms with Crippen LogP contribution in [0.1, 0.15) is 31.1 Å². The number of hydrogen-bond acceptors (Lipinski definition) is 5. The summed E-state index contributed by atoms with van der Waals surface area (Å²) in [7, 11) is 0. The molecule has 156 valence electrons. The van der Waals surface area contributed by atoms with Crippen molar-refractivity contribution < 1.29 is 24.0 Å². The minimum absolute atomic E-state index is 0.0909. The molecule has 29 heavy (non-hydrogen) atoms. The van der Waals surface area contributed by atoms with Gasteiger partial charge in [0, 0.05) is 11.4 Å². The molecule has 1 atom stereocenters. The molecule has 0 bridgehead atoms. The molecule has 2 amide bonds. The van der Waals surface area contributed by atoms with Gasteiger partial charge in [0.1, 0.15) is 5.00 Å². The maximum Gasteiger partial charge on any atom is 0.341 e. The van der Waals surface area contributed by atoms with E-state index in [4.69, 9.17) is 4.74 Å². The number of benzene rings is 1. The maximum atomic E-state index is 12.6. The third-order valence-electron chi connectivity index (χ3n) is 4.23. The molecule has 2 rings (SSSR count). The van der Waals surface area contributed by atoms with Crippen LogP contribution in [0.3, 0.4) is 0 Å². The number of nitrogens with one attached hydrogen (secondary N) is 3. The van der Waals surface area contributed by atoms with Gasteiger partial charge in [0.2, 0.25) is 0 Å². The highest BCUT2D eigenvalue weighted by molar-refractivity contribution is 7.20. The summed E-state index contributed by atoms with van der Waals surface area (Å²) in [5.74, 6) is -0.812. The standard InChI is InChI=1S/C21H27N3O4S/c1-4-22-18(25)13-24(5-2)14-19(26)23-20-16(21(27)28-6-3)12-17(29-20)15-10-8-7-9-11-15/h7-12H,4-6,13-14H2,1-3H3,(H,22,25)(H,23,26)/p+1. The van der Waals surface area contributed by atoms with Crippen LogP contribution < -0.4 is 15.5 Å². The number of amides is 2. The van der Waals surface area contributed by atoms with Crippen LogP contribution in [-0.4, -0.2) is 50.6 Å². The number of anilines is 1. The van der Waals surface area contributed by atoms with Crippen LogP contribution in [0.2, 0.25) is 0 Å². The maximum absolute atomic E-state index is 12.6. The average molecular weight is 419 g/mol. The number of quaternary nitrogens is 1. The lowest BCUT2D eigenvalue weighted by Gasteiger charge is -2.16. The van der Waals surface area contributed by atoms with Crippen molar-refractivity contribution in [3.8, 4) is 10.4 Å². The molecule has 8 heteroatoms. The van der Waals surface area contributed by atoms with E-state index in [1.165, 1.54) is 11.3 Å². The molecule has 0 aliphatic carbocycles. The second kappa shape index (κ2) is 11.3. The molecule has 7 nitrogen and oxygen atoms in total. The summed E-state index contributed by atoms with van der Waals surface area (Å²) in [6.07, 6.45) is 0. The van der Waals surface area contributed by atoms with Gasteiger partial charge in [-0.1, -0.05) is 30.3 Å². The van der Waals surface area contributed by atoms with Crippen molar-refractivity contribution in [3.63, 3.8) is 0 Å². The van der Waals surface area contributed by atoms with Gasteiger partial charge in [-0.15, -0.1) is 11.3 Å². The zero-order chi connectivity index (χ0) is 21.2. The van der Waals surface area contributed by atoms with Crippen molar-refractivity contribution in [1.82, 2.24) is 5.32 Å². The molecule has 0 saturated heterocycles.